The lowest BCUT2D eigenvalue weighted by molar-refractivity contribution is 0.540. The third-order valence-electron chi connectivity index (χ3n) is 1.37. The topological polar surface area (TPSA) is 23.5 Å². The Hall–Kier alpha value is -0.430. The molecule has 0 aliphatic rings. The van der Waals surface area contributed by atoms with Gasteiger partial charge in [0.15, 0.2) is 0 Å². The van der Waals surface area contributed by atoms with Crippen LogP contribution < -0.4 is 5.30 Å². The lowest BCUT2D eigenvalue weighted by atomic mass is 10.4. The average molecular weight is 169 g/mol. The fourth-order valence-corrected chi connectivity index (χ4v) is 1.69. The van der Waals surface area contributed by atoms with Crippen LogP contribution in [0.4, 0.5) is 0 Å². The molecule has 60 valence electrons. The van der Waals surface area contributed by atoms with E-state index in [4.69, 9.17) is 0 Å². The van der Waals surface area contributed by atoms with Crippen LogP contribution in [0.5, 0.6) is 0 Å². The fourth-order valence-electron chi connectivity index (χ4n) is 0.792. The quantitative estimate of drug-likeness (QED) is 0.672. The van der Waals surface area contributed by atoms with Crippen LogP contribution in [0.15, 0.2) is 30.3 Å². The maximum atomic E-state index is 9.59. The Morgan fingerprint density at radius 2 is 1.73 bits per heavy atom. The minimum Gasteiger partial charge on any atom is -0.356 e. The second kappa shape index (κ2) is 3.82. The van der Waals surface area contributed by atoms with E-state index in [9.17, 15) is 4.89 Å². The first kappa shape index (κ1) is 8.66. The number of rotatable bonds is 2. The van der Waals surface area contributed by atoms with Gasteiger partial charge in [0, 0.05) is 5.30 Å². The summed E-state index contributed by atoms with van der Waals surface area (Å²) in [5.74, 6) is 0. The van der Waals surface area contributed by atoms with Crippen molar-refractivity contribution in [2.45, 2.75) is 0 Å². The molecule has 0 heterocycles. The molecular formula is C8H12NOP. The Balaban J connectivity index is 2.77. The third-order valence-corrected chi connectivity index (χ3v) is 2.88. The predicted molar refractivity (Wildman–Crippen MR) is 48.9 cm³/mol. The molecule has 0 aliphatic heterocycles. The van der Waals surface area contributed by atoms with Gasteiger partial charge in [0.1, 0.15) is 8.30 Å². The Bertz CT molecular complexity index is 213. The summed E-state index contributed by atoms with van der Waals surface area (Å²) < 4.78 is 1.82. The Morgan fingerprint density at radius 1 is 1.18 bits per heavy atom. The third kappa shape index (κ3) is 2.26. The fraction of sp³-hybridized carbons (Fsp3) is 0.250. The van der Waals surface area contributed by atoms with Gasteiger partial charge in [-0.2, -0.15) is 0 Å². The summed E-state index contributed by atoms with van der Waals surface area (Å²) in [6, 6.07) is 9.69. The molecule has 11 heavy (non-hydrogen) atoms. The van der Waals surface area contributed by atoms with Crippen molar-refractivity contribution in [3.05, 3.63) is 30.3 Å². The van der Waals surface area contributed by atoms with Crippen molar-refractivity contribution < 1.29 is 4.89 Å². The van der Waals surface area contributed by atoms with Crippen LogP contribution in [0.25, 0.3) is 0 Å². The van der Waals surface area contributed by atoms with Crippen molar-refractivity contribution in [1.29, 1.82) is 0 Å². The highest BCUT2D eigenvalue weighted by Gasteiger charge is 2.08. The zero-order valence-electron chi connectivity index (χ0n) is 6.73. The highest BCUT2D eigenvalue weighted by molar-refractivity contribution is 7.57. The molecule has 0 fully saturated rings. The molecule has 0 saturated heterocycles. The molecule has 1 aromatic carbocycles. The second-order valence-electron chi connectivity index (χ2n) is 2.47. The molecule has 0 saturated carbocycles. The van der Waals surface area contributed by atoms with Crippen LogP contribution in [0.2, 0.25) is 0 Å². The van der Waals surface area contributed by atoms with E-state index in [1.165, 1.54) is 0 Å². The highest BCUT2D eigenvalue weighted by Crippen LogP contribution is 2.29. The monoisotopic (exact) mass is 169 g/mol. The summed E-state index contributed by atoms with van der Waals surface area (Å²) in [4.78, 5) is 9.59. The van der Waals surface area contributed by atoms with E-state index in [0.29, 0.717) is 0 Å². The van der Waals surface area contributed by atoms with Gasteiger partial charge in [0.05, 0.1) is 0 Å². The van der Waals surface area contributed by atoms with E-state index in [2.05, 4.69) is 0 Å². The van der Waals surface area contributed by atoms with E-state index in [0.717, 1.165) is 5.30 Å². The summed E-state index contributed by atoms with van der Waals surface area (Å²) in [7, 11) is 2.65. The van der Waals surface area contributed by atoms with Gasteiger partial charge in [-0.25, -0.2) is 0 Å². The Morgan fingerprint density at radius 3 is 2.18 bits per heavy atom. The summed E-state index contributed by atoms with van der Waals surface area (Å²) in [5, 5.41) is 0.993. The van der Waals surface area contributed by atoms with E-state index < -0.39 is 8.30 Å². The van der Waals surface area contributed by atoms with Gasteiger partial charge in [-0.1, -0.05) is 30.3 Å². The molecule has 1 rings (SSSR count). The molecule has 0 aromatic heterocycles. The minimum atomic E-state index is -1.10. The van der Waals surface area contributed by atoms with Crippen molar-refractivity contribution in [3.8, 4) is 0 Å². The number of benzene rings is 1. The molecule has 1 atom stereocenters. The van der Waals surface area contributed by atoms with Crippen molar-refractivity contribution in [3.63, 3.8) is 0 Å². The number of hydrogen-bond donors (Lipinski definition) is 1. The molecule has 1 unspecified atom stereocenters. The van der Waals surface area contributed by atoms with Gasteiger partial charge in [0.2, 0.25) is 0 Å². The SMILES string of the molecule is CN(C)P(O)c1ccccc1. The molecule has 3 heteroatoms. The zero-order valence-corrected chi connectivity index (χ0v) is 7.62. The highest BCUT2D eigenvalue weighted by atomic mass is 31.2. The molecule has 0 amide bonds. The zero-order chi connectivity index (χ0) is 8.27. The maximum absolute atomic E-state index is 9.59. The van der Waals surface area contributed by atoms with Crippen LogP contribution in [-0.4, -0.2) is 23.7 Å². The van der Waals surface area contributed by atoms with Crippen molar-refractivity contribution >= 4 is 13.6 Å². The van der Waals surface area contributed by atoms with Crippen molar-refractivity contribution in [2.75, 3.05) is 14.1 Å². The Kier molecular flexibility index (Phi) is 3.01. The molecule has 1 N–H and O–H groups in total. The molecule has 0 radical (unpaired) electrons. The summed E-state index contributed by atoms with van der Waals surface area (Å²) in [5.41, 5.74) is 0. The van der Waals surface area contributed by atoms with Gasteiger partial charge >= 0.3 is 0 Å². The summed E-state index contributed by atoms with van der Waals surface area (Å²) >= 11 is 0. The van der Waals surface area contributed by atoms with Crippen molar-refractivity contribution in [2.24, 2.45) is 0 Å². The molecule has 0 aliphatic carbocycles. The van der Waals surface area contributed by atoms with Gasteiger partial charge in [0.25, 0.3) is 0 Å². The lowest BCUT2D eigenvalue weighted by Crippen LogP contribution is -2.13. The van der Waals surface area contributed by atoms with Crippen LogP contribution >= 0.6 is 8.30 Å². The van der Waals surface area contributed by atoms with Gasteiger partial charge in [-0.3, -0.25) is 4.67 Å². The summed E-state index contributed by atoms with van der Waals surface area (Å²) in [6.45, 7) is 0. The average Bonchev–Trinajstić information content (AvgIpc) is 2.05. The van der Waals surface area contributed by atoms with Crippen LogP contribution in [0, 0.1) is 0 Å². The van der Waals surface area contributed by atoms with Crippen LogP contribution in [0.1, 0.15) is 0 Å². The molecule has 2 nitrogen and oxygen atoms in total. The first-order valence-electron chi connectivity index (χ1n) is 3.43. The predicted octanol–water partition coefficient (Wildman–Crippen LogP) is 1.18. The molecule has 1 aromatic rings. The lowest BCUT2D eigenvalue weighted by Gasteiger charge is -2.17. The molecule has 0 spiro atoms. The van der Waals surface area contributed by atoms with Gasteiger partial charge in [-0.15, -0.1) is 0 Å². The standard InChI is InChI=1S/C8H12NOP/c1-9(2)11(10)8-6-4-3-5-7-8/h3-7,10H,1-2H3. The Labute approximate surface area is 68.4 Å². The second-order valence-corrected chi connectivity index (χ2v) is 4.37. The maximum Gasteiger partial charge on any atom is 0.134 e. The van der Waals surface area contributed by atoms with E-state index in [1.54, 1.807) is 0 Å². The first-order valence-corrected chi connectivity index (χ1v) is 4.68. The smallest absolute Gasteiger partial charge is 0.134 e. The number of hydrogen-bond acceptors (Lipinski definition) is 2. The summed E-state index contributed by atoms with van der Waals surface area (Å²) in [6.07, 6.45) is 0. The normalized spacial score (nSPS) is 13.5. The first-order chi connectivity index (χ1) is 5.22. The molecular weight excluding hydrogens is 157 g/mol. The molecule has 0 bridgehead atoms. The largest absolute Gasteiger partial charge is 0.356 e. The van der Waals surface area contributed by atoms with E-state index >= 15 is 0 Å². The van der Waals surface area contributed by atoms with Crippen LogP contribution in [0.3, 0.4) is 0 Å². The van der Waals surface area contributed by atoms with Crippen molar-refractivity contribution in [1.82, 2.24) is 4.67 Å². The number of nitrogens with zero attached hydrogens (tertiary/aromatic N) is 1. The van der Waals surface area contributed by atoms with Gasteiger partial charge in [-0.05, 0) is 14.1 Å². The van der Waals surface area contributed by atoms with Gasteiger partial charge < -0.3 is 4.89 Å². The van der Waals surface area contributed by atoms with Crippen LogP contribution in [-0.2, 0) is 0 Å². The minimum absolute atomic E-state index is 0.993. The van der Waals surface area contributed by atoms with E-state index in [-0.39, 0.29) is 0 Å². The van der Waals surface area contributed by atoms with E-state index in [1.807, 2.05) is 49.1 Å².